The van der Waals surface area contributed by atoms with Crippen LogP contribution in [-0.2, 0) is 6.42 Å². The topological polar surface area (TPSA) is 58.9 Å². The molecule has 0 heterocycles. The number of likely N-dealkylation sites (N-methyl/N-ethyl adjacent to an activating group) is 1. The van der Waals surface area contributed by atoms with Gasteiger partial charge in [0.05, 0.1) is 46.4 Å². The number of hydrogen-bond acceptors (Lipinski definition) is 4. The Balaban J connectivity index is 0.00000280. The molecule has 0 unspecified atom stereocenters. The zero-order chi connectivity index (χ0) is 19.9. The van der Waals surface area contributed by atoms with Crippen LogP contribution >= 0.6 is 15.9 Å². The van der Waals surface area contributed by atoms with Crippen molar-refractivity contribution in [2.75, 3.05) is 41.9 Å². The fourth-order valence-electron chi connectivity index (χ4n) is 3.37. The third kappa shape index (κ3) is 4.11. The minimum absolute atomic E-state index is 0. The van der Waals surface area contributed by atoms with Crippen LogP contribution in [0.4, 0.5) is 0 Å². The Morgan fingerprint density at radius 2 is 1.68 bits per heavy atom. The van der Waals surface area contributed by atoms with Gasteiger partial charge in [-0.3, -0.25) is 0 Å². The number of ether oxygens (including phenoxy) is 2. The molecule has 2 N–H and O–H groups in total. The van der Waals surface area contributed by atoms with Crippen LogP contribution in [0.3, 0.4) is 0 Å². The van der Waals surface area contributed by atoms with E-state index in [-0.39, 0.29) is 35.5 Å². The highest BCUT2D eigenvalue weighted by Gasteiger charge is 2.22. The highest BCUT2D eigenvalue weighted by atomic mass is 127. The first-order valence-corrected chi connectivity index (χ1v) is 9.48. The molecule has 0 aromatic heterocycles. The average Bonchev–Trinajstić information content (AvgIpc) is 2.60. The molecular weight excluding hydrogens is 537 g/mol. The summed E-state index contributed by atoms with van der Waals surface area (Å²) in [5.74, 6) is 0.951. The van der Waals surface area contributed by atoms with Gasteiger partial charge in [-0.05, 0) is 49.8 Å². The van der Waals surface area contributed by atoms with Crippen LogP contribution in [0.5, 0.6) is 23.0 Å². The van der Waals surface area contributed by atoms with E-state index >= 15 is 0 Å². The van der Waals surface area contributed by atoms with Gasteiger partial charge < -0.3 is 48.1 Å². The van der Waals surface area contributed by atoms with Gasteiger partial charge in [0.2, 0.25) is 0 Å². The molecule has 3 aromatic carbocycles. The van der Waals surface area contributed by atoms with Crippen molar-refractivity contribution in [1.82, 2.24) is 0 Å². The number of benzene rings is 3. The van der Waals surface area contributed by atoms with Gasteiger partial charge >= 0.3 is 0 Å². The van der Waals surface area contributed by atoms with Crippen LogP contribution in [-0.4, -0.2) is 56.6 Å². The van der Waals surface area contributed by atoms with Crippen molar-refractivity contribution >= 4 is 37.5 Å². The molecular formula is C21H25BrINO4. The molecule has 0 radical (unpaired) electrons. The van der Waals surface area contributed by atoms with Crippen molar-refractivity contribution in [3.05, 3.63) is 34.3 Å². The number of aromatic hydroxyl groups is 2. The van der Waals surface area contributed by atoms with E-state index in [0.717, 1.165) is 44.6 Å². The number of phenolic OH excluding ortho intramolecular Hbond substituents is 2. The molecule has 28 heavy (non-hydrogen) atoms. The van der Waals surface area contributed by atoms with Crippen LogP contribution in [0.15, 0.2) is 28.7 Å². The van der Waals surface area contributed by atoms with E-state index < -0.39 is 0 Å². The fraction of sp³-hybridized carbons (Fsp3) is 0.333. The summed E-state index contributed by atoms with van der Waals surface area (Å²) in [6, 6.07) is 7.43. The Hall–Kier alpha value is -1.45. The Bertz CT molecular complexity index is 1030. The second-order valence-corrected chi connectivity index (χ2v) is 8.46. The molecule has 0 saturated carbocycles. The van der Waals surface area contributed by atoms with Crippen molar-refractivity contribution in [3.63, 3.8) is 0 Å². The van der Waals surface area contributed by atoms with Gasteiger partial charge in [-0.25, -0.2) is 0 Å². The number of rotatable bonds is 5. The summed E-state index contributed by atoms with van der Waals surface area (Å²) in [6.07, 6.45) is 0.791. The monoisotopic (exact) mass is 561 g/mol. The Morgan fingerprint density at radius 1 is 1.00 bits per heavy atom. The van der Waals surface area contributed by atoms with Crippen LogP contribution in [0.2, 0.25) is 0 Å². The number of halogens is 2. The standard InChI is InChI=1S/C21H24BrNO4.HI/c1-23(2,3)9-8-14-13-7-6-12-10-16(24)17(26-4)11-15(12)18(13)21(27-5)20(25)19(14)22;/h6-7,10-11H,8-9H2,1-5H3,(H-,24,25);1H. The van der Waals surface area contributed by atoms with Crippen molar-refractivity contribution in [2.45, 2.75) is 6.42 Å². The number of hydrogen-bond donors (Lipinski definition) is 2. The summed E-state index contributed by atoms with van der Waals surface area (Å²) < 4.78 is 12.3. The zero-order valence-electron chi connectivity index (χ0n) is 16.6. The molecule has 0 bridgehead atoms. The Morgan fingerprint density at radius 3 is 2.25 bits per heavy atom. The molecule has 0 spiro atoms. The van der Waals surface area contributed by atoms with Crippen LogP contribution in [0.25, 0.3) is 21.5 Å². The van der Waals surface area contributed by atoms with Gasteiger partial charge in [0, 0.05) is 11.8 Å². The van der Waals surface area contributed by atoms with Crippen LogP contribution in [0.1, 0.15) is 5.56 Å². The molecule has 0 amide bonds. The van der Waals surface area contributed by atoms with Gasteiger partial charge in [-0.15, -0.1) is 0 Å². The summed E-state index contributed by atoms with van der Waals surface area (Å²) in [7, 11) is 9.49. The number of fused-ring (bicyclic) bond motifs is 3. The highest BCUT2D eigenvalue weighted by Crippen LogP contribution is 2.48. The largest absolute Gasteiger partial charge is 1.00 e. The number of phenols is 2. The van der Waals surface area contributed by atoms with Crippen molar-refractivity contribution in [2.24, 2.45) is 0 Å². The molecule has 152 valence electrons. The lowest BCUT2D eigenvalue weighted by molar-refractivity contribution is -0.870. The lowest BCUT2D eigenvalue weighted by Gasteiger charge is -2.25. The number of quaternary nitrogens is 1. The molecule has 7 heteroatoms. The quantitative estimate of drug-likeness (QED) is 0.281. The molecule has 0 fully saturated rings. The molecule has 0 aliphatic rings. The van der Waals surface area contributed by atoms with E-state index in [4.69, 9.17) is 9.47 Å². The van der Waals surface area contributed by atoms with Crippen molar-refractivity contribution < 1.29 is 48.1 Å². The Labute approximate surface area is 190 Å². The average molecular weight is 562 g/mol. The smallest absolute Gasteiger partial charge is 0.173 e. The predicted octanol–water partition coefficient (Wildman–Crippen LogP) is 1.44. The number of nitrogens with zero attached hydrogens (tertiary/aromatic N) is 1. The maximum atomic E-state index is 10.8. The first-order chi connectivity index (χ1) is 12.7. The second-order valence-electron chi connectivity index (χ2n) is 7.67. The lowest BCUT2D eigenvalue weighted by atomic mass is 9.95. The first-order valence-electron chi connectivity index (χ1n) is 8.69. The SMILES string of the molecule is COc1cc2c(ccc3c(CC[N+](C)(C)C)c(Br)c(O)c(OC)c32)cc1O.[I-]. The summed E-state index contributed by atoms with van der Waals surface area (Å²) in [5, 5.41) is 24.4. The third-order valence-electron chi connectivity index (χ3n) is 4.80. The molecule has 0 aliphatic carbocycles. The van der Waals surface area contributed by atoms with Crippen LogP contribution in [0, 0.1) is 0 Å². The normalized spacial score (nSPS) is 11.5. The third-order valence-corrected chi connectivity index (χ3v) is 5.65. The predicted molar refractivity (Wildman–Crippen MR) is 112 cm³/mol. The molecule has 3 rings (SSSR count). The van der Waals surface area contributed by atoms with Gasteiger partial charge in [0.15, 0.2) is 23.0 Å². The summed E-state index contributed by atoms with van der Waals surface area (Å²) in [6.45, 7) is 0.913. The minimum Gasteiger partial charge on any atom is -1.00 e. The van der Waals surface area contributed by atoms with Gasteiger partial charge in [0.1, 0.15) is 0 Å². The number of methoxy groups -OCH3 is 2. The minimum atomic E-state index is 0. The van der Waals surface area contributed by atoms with Crippen molar-refractivity contribution in [1.29, 1.82) is 0 Å². The first kappa shape index (κ1) is 22.8. The maximum Gasteiger partial charge on any atom is 0.173 e. The van der Waals surface area contributed by atoms with Gasteiger partial charge in [-0.2, -0.15) is 0 Å². The molecule has 0 saturated heterocycles. The van der Waals surface area contributed by atoms with Gasteiger partial charge in [-0.1, -0.05) is 12.1 Å². The Kier molecular flexibility index (Phi) is 6.94. The maximum absolute atomic E-state index is 10.8. The summed E-state index contributed by atoms with van der Waals surface area (Å²) in [5.41, 5.74) is 1.03. The second kappa shape index (κ2) is 8.51. The van der Waals surface area contributed by atoms with E-state index in [0.29, 0.717) is 16.0 Å². The van der Waals surface area contributed by atoms with E-state index in [9.17, 15) is 10.2 Å². The van der Waals surface area contributed by atoms with E-state index in [1.165, 1.54) is 7.11 Å². The van der Waals surface area contributed by atoms with E-state index in [1.54, 1.807) is 19.2 Å². The fourth-order valence-corrected chi connectivity index (χ4v) is 3.96. The van der Waals surface area contributed by atoms with Crippen LogP contribution < -0.4 is 33.5 Å². The zero-order valence-corrected chi connectivity index (χ0v) is 20.4. The van der Waals surface area contributed by atoms with E-state index in [2.05, 4.69) is 37.1 Å². The molecule has 0 aliphatic heterocycles. The summed E-state index contributed by atoms with van der Waals surface area (Å²) in [4.78, 5) is 0. The highest BCUT2D eigenvalue weighted by molar-refractivity contribution is 9.10. The van der Waals surface area contributed by atoms with Crippen molar-refractivity contribution in [3.8, 4) is 23.0 Å². The van der Waals surface area contributed by atoms with Gasteiger partial charge in [0.25, 0.3) is 0 Å². The molecule has 3 aromatic rings. The summed E-state index contributed by atoms with van der Waals surface area (Å²) >= 11 is 3.56. The molecule has 5 nitrogen and oxygen atoms in total. The van der Waals surface area contributed by atoms with E-state index in [1.807, 2.05) is 12.1 Å². The molecule has 0 atom stereocenters. The lowest BCUT2D eigenvalue weighted by Crippen LogP contribution is -3.00.